The lowest BCUT2D eigenvalue weighted by atomic mass is 9.73. The molecule has 2 aromatic heterocycles. The van der Waals surface area contributed by atoms with E-state index in [4.69, 9.17) is 9.72 Å². The molecule has 5 heteroatoms. The quantitative estimate of drug-likeness (QED) is 0.122. The Morgan fingerprint density at radius 2 is 0.878 bits per heavy atom. The zero-order valence-electron chi connectivity index (χ0n) is 44.3. The van der Waals surface area contributed by atoms with Crippen LogP contribution in [0.3, 0.4) is 0 Å². The van der Waals surface area contributed by atoms with Crippen LogP contribution in [0.2, 0.25) is 0 Å². The Morgan fingerprint density at radius 1 is 0.378 bits per heavy atom. The molecule has 8 aromatic carbocycles. The van der Waals surface area contributed by atoms with E-state index >= 15 is 0 Å². The van der Waals surface area contributed by atoms with Crippen LogP contribution in [0.4, 0.5) is 11.4 Å². The summed E-state index contributed by atoms with van der Waals surface area (Å²) in [5.41, 5.74) is 14.7. The second-order valence-corrected chi connectivity index (χ2v) is 22.7. The first-order valence-corrected chi connectivity index (χ1v) is 26.0. The minimum absolute atomic E-state index is 0.0558. The number of nitrogens with zero attached hydrogens (tertiary/aromatic N) is 4. The summed E-state index contributed by atoms with van der Waals surface area (Å²) >= 11 is 0. The minimum Gasteiger partial charge on any atom is -0.457 e. The molecule has 0 unspecified atom stereocenters. The predicted octanol–water partition coefficient (Wildman–Crippen LogP) is 17.7. The number of hydrogen-bond acceptors (Lipinski definition) is 4. The summed E-state index contributed by atoms with van der Waals surface area (Å²) in [4.78, 5) is 9.74. The fourth-order valence-electron chi connectivity index (χ4n) is 10.8. The Hall–Kier alpha value is -8.15. The summed E-state index contributed by atoms with van der Waals surface area (Å²) in [6.07, 6.45) is 6.36. The topological polar surface area (TPSA) is 33.5 Å². The van der Waals surface area contributed by atoms with E-state index in [0.717, 1.165) is 56.2 Å². The number of fused-ring (bicyclic) bond motifs is 3. The van der Waals surface area contributed by atoms with Crippen LogP contribution in [0.15, 0.2) is 225 Å². The van der Waals surface area contributed by atoms with Gasteiger partial charge in [0.2, 0.25) is 0 Å². The van der Waals surface area contributed by atoms with Crippen molar-refractivity contribution in [2.24, 2.45) is 0 Å². The van der Waals surface area contributed by atoms with E-state index in [9.17, 15) is 0 Å². The second kappa shape index (κ2) is 18.7. The third-order valence-corrected chi connectivity index (χ3v) is 15.8. The largest absolute Gasteiger partial charge is 0.457 e. The number of ether oxygens (including phenoxy) is 1. The third-order valence-electron chi connectivity index (χ3n) is 15.8. The monoisotopic (exact) mass is 967 g/mol. The van der Waals surface area contributed by atoms with Gasteiger partial charge in [0.1, 0.15) is 17.3 Å². The molecule has 1 aliphatic heterocycles. The van der Waals surface area contributed by atoms with Gasteiger partial charge in [-0.15, -0.1) is 0 Å². The minimum atomic E-state index is -0.231. The number of hydrogen-bond donors (Lipinski definition) is 0. The van der Waals surface area contributed by atoms with Gasteiger partial charge in [0.15, 0.2) is 0 Å². The van der Waals surface area contributed by atoms with Crippen LogP contribution in [0.1, 0.15) is 101 Å². The Balaban J connectivity index is 0.983. The molecular formula is C69H66N4O. The summed E-state index contributed by atoms with van der Waals surface area (Å²) in [6, 6.07) is 74.8. The van der Waals surface area contributed by atoms with Gasteiger partial charge < -0.3 is 14.5 Å². The standard InChI is InChI=1S/C69H66N4O/c1-66(2,3)53-34-35-70-65(44-53)73-63-43-54(67(4,5)50-24-16-11-17-25-50)30-32-61(63)62-33-31-59(46-64(62)73)74-60-39-49(48-22-14-10-15-23-48)38-57(45-60)71-36-37-72(47-71)58-41-55(68(6,7)51-26-18-12-19-27-51)40-56(42-58)69(8,9)52-28-20-13-21-29-52/h10-46H,47H2,1-9H3. The van der Waals surface area contributed by atoms with Gasteiger partial charge in [0.05, 0.1) is 17.7 Å². The summed E-state index contributed by atoms with van der Waals surface area (Å²) in [6.45, 7) is 21.4. The molecule has 0 N–H and O–H groups in total. The first-order chi connectivity index (χ1) is 35.5. The summed E-state index contributed by atoms with van der Waals surface area (Å²) < 4.78 is 9.38. The van der Waals surface area contributed by atoms with Crippen LogP contribution in [0.25, 0.3) is 38.8 Å². The van der Waals surface area contributed by atoms with E-state index in [1.54, 1.807) is 0 Å². The van der Waals surface area contributed by atoms with Crippen LogP contribution in [-0.4, -0.2) is 16.2 Å². The van der Waals surface area contributed by atoms with Crippen LogP contribution in [0, 0.1) is 0 Å². The summed E-state index contributed by atoms with van der Waals surface area (Å²) in [7, 11) is 0. The highest BCUT2D eigenvalue weighted by molar-refractivity contribution is 6.09. The molecule has 0 saturated carbocycles. The van der Waals surface area contributed by atoms with Crippen molar-refractivity contribution in [3.05, 3.63) is 264 Å². The number of rotatable bonds is 12. The highest BCUT2D eigenvalue weighted by Gasteiger charge is 2.31. The van der Waals surface area contributed by atoms with Gasteiger partial charge in [-0.2, -0.15) is 0 Å². The molecule has 10 aromatic rings. The number of benzene rings is 8. The molecule has 0 fully saturated rings. The number of pyridine rings is 1. The van der Waals surface area contributed by atoms with E-state index in [2.05, 4.69) is 295 Å². The van der Waals surface area contributed by atoms with Crippen molar-refractivity contribution in [3.8, 4) is 28.4 Å². The average Bonchev–Trinajstić information content (AvgIpc) is 4.05. The molecule has 0 amide bonds. The number of anilines is 2. The van der Waals surface area contributed by atoms with E-state index in [1.165, 1.54) is 44.3 Å². The van der Waals surface area contributed by atoms with Crippen molar-refractivity contribution in [2.45, 2.75) is 84.0 Å². The van der Waals surface area contributed by atoms with Crippen LogP contribution < -0.4 is 14.5 Å². The Kier molecular flexibility index (Phi) is 12.2. The van der Waals surface area contributed by atoms with E-state index < -0.39 is 0 Å². The van der Waals surface area contributed by atoms with Gasteiger partial charge in [-0.1, -0.05) is 202 Å². The maximum absolute atomic E-state index is 7.05. The van der Waals surface area contributed by atoms with Gasteiger partial charge >= 0.3 is 0 Å². The molecule has 368 valence electrons. The first-order valence-electron chi connectivity index (χ1n) is 26.0. The summed E-state index contributed by atoms with van der Waals surface area (Å²) in [5, 5.41) is 2.32. The molecule has 11 rings (SSSR count). The molecular weight excluding hydrogens is 901 g/mol. The molecule has 0 saturated heterocycles. The Bertz CT molecular complexity index is 3610. The fraction of sp³-hybridized carbons (Fsp3) is 0.203. The van der Waals surface area contributed by atoms with Crippen molar-refractivity contribution < 1.29 is 4.74 Å². The molecule has 0 atom stereocenters. The molecule has 0 radical (unpaired) electrons. The van der Waals surface area contributed by atoms with Crippen LogP contribution in [-0.2, 0) is 21.7 Å². The lowest BCUT2D eigenvalue weighted by Gasteiger charge is -2.33. The SMILES string of the molecule is CC(C)(C)c1ccnc(-n2c3cc(Oc4cc(-c5ccccc5)cc(N5C=CN(c6cc(C(C)(C)c7ccccc7)cc(C(C)(C)c7ccccc7)c6)C5)c4)ccc3c3ccc(C(C)(C)c4ccccc4)cc32)c1. The van der Waals surface area contributed by atoms with E-state index in [0.29, 0.717) is 6.67 Å². The average molecular weight is 967 g/mol. The lowest BCUT2D eigenvalue weighted by Crippen LogP contribution is -2.27. The molecule has 5 nitrogen and oxygen atoms in total. The molecule has 0 spiro atoms. The highest BCUT2D eigenvalue weighted by Crippen LogP contribution is 2.43. The molecule has 74 heavy (non-hydrogen) atoms. The Labute approximate surface area is 438 Å². The Morgan fingerprint density at radius 3 is 1.43 bits per heavy atom. The van der Waals surface area contributed by atoms with Gasteiger partial charge in [-0.3, -0.25) is 4.57 Å². The van der Waals surface area contributed by atoms with Gasteiger partial charge in [-0.25, -0.2) is 4.98 Å². The maximum atomic E-state index is 7.05. The molecule has 3 heterocycles. The maximum Gasteiger partial charge on any atom is 0.137 e. The second-order valence-electron chi connectivity index (χ2n) is 22.7. The highest BCUT2D eigenvalue weighted by atomic mass is 16.5. The van der Waals surface area contributed by atoms with Crippen molar-refractivity contribution >= 4 is 33.2 Å². The van der Waals surface area contributed by atoms with E-state index in [-0.39, 0.29) is 21.7 Å². The van der Waals surface area contributed by atoms with Crippen molar-refractivity contribution in [3.63, 3.8) is 0 Å². The summed E-state index contributed by atoms with van der Waals surface area (Å²) in [5.74, 6) is 2.39. The van der Waals surface area contributed by atoms with E-state index in [1.807, 2.05) is 6.20 Å². The van der Waals surface area contributed by atoms with Crippen LogP contribution >= 0.6 is 0 Å². The lowest BCUT2D eigenvalue weighted by molar-refractivity contribution is 0.483. The zero-order chi connectivity index (χ0) is 51.4. The van der Waals surface area contributed by atoms with Gasteiger partial charge in [0.25, 0.3) is 0 Å². The fourth-order valence-corrected chi connectivity index (χ4v) is 10.8. The number of aromatic nitrogens is 2. The predicted molar refractivity (Wildman–Crippen MR) is 310 cm³/mol. The third kappa shape index (κ3) is 9.06. The normalized spacial score (nSPS) is 13.3. The zero-order valence-corrected chi connectivity index (χ0v) is 44.3. The van der Waals surface area contributed by atoms with Crippen molar-refractivity contribution in [2.75, 3.05) is 16.5 Å². The molecule has 0 aliphatic carbocycles. The first kappa shape index (κ1) is 48.1. The van der Waals surface area contributed by atoms with Gasteiger partial charge in [0, 0.05) is 69.1 Å². The smallest absolute Gasteiger partial charge is 0.137 e. The molecule has 1 aliphatic rings. The van der Waals surface area contributed by atoms with Crippen molar-refractivity contribution in [1.82, 2.24) is 9.55 Å². The van der Waals surface area contributed by atoms with Gasteiger partial charge in [-0.05, 0) is 110 Å². The van der Waals surface area contributed by atoms with Crippen molar-refractivity contribution in [1.29, 1.82) is 0 Å². The van der Waals surface area contributed by atoms with Crippen LogP contribution in [0.5, 0.6) is 11.5 Å². The molecule has 0 bridgehead atoms.